The first kappa shape index (κ1) is 28.8. The van der Waals surface area contributed by atoms with Crippen LogP contribution in [0.2, 0.25) is 0 Å². The van der Waals surface area contributed by atoms with Crippen LogP contribution in [0.15, 0.2) is 12.4 Å². The predicted molar refractivity (Wildman–Crippen MR) is 111 cm³/mol. The second-order valence-electron chi connectivity index (χ2n) is 7.14. The first-order valence-corrected chi connectivity index (χ1v) is 13.4. The molecule has 24 heteroatoms. The number of aliphatic hydroxyl groups excluding tert-OH is 2. The number of aliphatic hydroxyl groups is 2. The maximum Gasteiger partial charge on any atom is 0.490 e. The first-order valence-electron chi connectivity index (χ1n) is 8.91. The van der Waals surface area contributed by atoms with E-state index in [4.69, 9.17) is 35.9 Å². The van der Waals surface area contributed by atoms with Crippen molar-refractivity contribution in [3.63, 3.8) is 0 Å². The molecular weight excluding hydrogens is 556 g/mol. The monoisotopic (exact) mass is 569 g/mol. The average molecular weight is 569 g/mol. The summed E-state index contributed by atoms with van der Waals surface area (Å²) in [5.74, 6) is -1.46. The van der Waals surface area contributed by atoms with Crippen molar-refractivity contribution in [2.75, 3.05) is 5.73 Å². The highest BCUT2D eigenvalue weighted by Crippen LogP contribution is 2.67. The minimum atomic E-state index is -5.98. The van der Waals surface area contributed by atoms with E-state index in [1.54, 1.807) is 0 Å². The van der Waals surface area contributed by atoms with Crippen molar-refractivity contribution in [1.82, 2.24) is 14.6 Å². The standard InChI is InChI=1S/C12H13B2FN5O13P3/c13-12(14,31-35(26,27)33-36(28,29)32-34(23,24)25)9-7(21)8(22)11(2-16,30-9)5-1-4(15)6-10(17)18-3-19-20(5)6/h1,3,7-9,21-22H,(H,26,27)(H,28,29)(H2,17,18,19)(H2,23,24,25)/t7-,8+,9?,11-/m0/s1. The third-order valence-electron chi connectivity index (χ3n) is 4.58. The lowest BCUT2D eigenvalue weighted by molar-refractivity contribution is -0.0824. The summed E-state index contributed by atoms with van der Waals surface area (Å²) in [5.41, 5.74) is 1.86. The zero-order chi connectivity index (χ0) is 27.5. The number of ether oxygens (including phenoxy) is 1. The Morgan fingerprint density at radius 2 is 1.83 bits per heavy atom. The van der Waals surface area contributed by atoms with Gasteiger partial charge in [0, 0.05) is 11.5 Å². The van der Waals surface area contributed by atoms with Crippen LogP contribution in [0.25, 0.3) is 5.52 Å². The average Bonchev–Trinajstić information content (AvgIpc) is 3.15. The largest absolute Gasteiger partial charge is 0.490 e. The van der Waals surface area contributed by atoms with Crippen molar-refractivity contribution in [2.24, 2.45) is 0 Å². The first-order chi connectivity index (χ1) is 16.3. The molecule has 192 valence electrons. The van der Waals surface area contributed by atoms with Gasteiger partial charge < -0.3 is 40.3 Å². The molecule has 2 aromatic heterocycles. The molecule has 6 atom stereocenters. The summed E-state index contributed by atoms with van der Waals surface area (Å²) in [6.45, 7) is 0. The van der Waals surface area contributed by atoms with Gasteiger partial charge in [0.1, 0.15) is 51.9 Å². The van der Waals surface area contributed by atoms with Crippen LogP contribution >= 0.6 is 23.5 Å². The normalized spacial score (nSPS) is 28.4. The predicted octanol–water partition coefficient (Wildman–Crippen LogP) is -2.38. The Labute approximate surface area is 201 Å². The number of nitriles is 1. The van der Waals surface area contributed by atoms with E-state index in [0.29, 0.717) is 10.6 Å². The number of aromatic nitrogens is 3. The maximum atomic E-state index is 14.5. The Hall–Kier alpha value is -1.74. The maximum absolute atomic E-state index is 14.5. The Kier molecular flexibility index (Phi) is 7.39. The van der Waals surface area contributed by atoms with Gasteiger partial charge >= 0.3 is 23.5 Å². The van der Waals surface area contributed by atoms with Gasteiger partial charge in [-0.15, -0.1) is 0 Å². The number of nitrogens with two attached hydrogens (primary N) is 1. The number of rotatable bonds is 8. The summed E-state index contributed by atoms with van der Waals surface area (Å²) in [5, 5.41) is 31.3. The van der Waals surface area contributed by atoms with Crippen LogP contribution in [-0.4, -0.2) is 83.8 Å². The molecule has 4 radical (unpaired) electrons. The molecule has 1 aliphatic rings. The number of halogens is 1. The van der Waals surface area contributed by atoms with E-state index in [9.17, 15) is 43.3 Å². The van der Waals surface area contributed by atoms with Crippen LogP contribution in [0.5, 0.6) is 0 Å². The molecule has 0 spiro atoms. The zero-order valence-corrected chi connectivity index (χ0v) is 19.9. The van der Waals surface area contributed by atoms with E-state index in [-0.39, 0.29) is 5.82 Å². The number of nitrogens with zero attached hydrogens (tertiary/aromatic N) is 4. The molecule has 2 aromatic rings. The van der Waals surface area contributed by atoms with Gasteiger partial charge in [-0.25, -0.2) is 27.6 Å². The molecular formula is C12H13B2FN5O13P3. The van der Waals surface area contributed by atoms with Crippen LogP contribution in [0.4, 0.5) is 10.2 Å². The number of fused-ring (bicyclic) bond motifs is 1. The number of hydrogen-bond acceptors (Lipinski definition) is 13. The van der Waals surface area contributed by atoms with Gasteiger partial charge in [0.25, 0.3) is 0 Å². The number of phosphoric ester groups is 1. The van der Waals surface area contributed by atoms with Crippen molar-refractivity contribution in [3.05, 3.63) is 23.9 Å². The molecule has 0 aromatic carbocycles. The Balaban J connectivity index is 1.96. The molecule has 8 N–H and O–H groups in total. The van der Waals surface area contributed by atoms with Crippen molar-refractivity contribution in [3.8, 4) is 6.07 Å². The lowest BCUT2D eigenvalue weighted by Crippen LogP contribution is -2.51. The van der Waals surface area contributed by atoms with Crippen molar-refractivity contribution < 1.29 is 65.8 Å². The third-order valence-corrected chi connectivity index (χ3v) is 8.45. The molecule has 1 saturated heterocycles. The molecule has 36 heavy (non-hydrogen) atoms. The molecule has 0 bridgehead atoms. The molecule has 0 aliphatic carbocycles. The summed E-state index contributed by atoms with van der Waals surface area (Å²) >= 11 is 0. The molecule has 0 saturated carbocycles. The molecule has 3 heterocycles. The van der Waals surface area contributed by atoms with Crippen molar-refractivity contribution in [1.29, 1.82) is 5.26 Å². The topological polar surface area (TPSA) is 290 Å². The van der Waals surface area contributed by atoms with Crippen LogP contribution in [0.3, 0.4) is 0 Å². The molecule has 18 nitrogen and oxygen atoms in total. The smallest absolute Gasteiger partial charge is 0.387 e. The Morgan fingerprint density at radius 1 is 1.22 bits per heavy atom. The number of hydrogen-bond donors (Lipinski definition) is 7. The van der Waals surface area contributed by atoms with Gasteiger partial charge in [0.15, 0.2) is 11.6 Å². The molecule has 3 unspecified atom stereocenters. The van der Waals surface area contributed by atoms with Gasteiger partial charge in [-0.1, -0.05) is 0 Å². The molecule has 3 rings (SSSR count). The third kappa shape index (κ3) is 5.42. The summed E-state index contributed by atoms with van der Waals surface area (Å²) in [6, 6.07) is 2.14. The lowest BCUT2D eigenvalue weighted by Gasteiger charge is -2.35. The fourth-order valence-electron chi connectivity index (χ4n) is 3.30. The zero-order valence-electron chi connectivity index (χ0n) is 17.2. The molecule has 0 amide bonds. The van der Waals surface area contributed by atoms with Crippen molar-refractivity contribution in [2.45, 2.75) is 29.3 Å². The summed E-state index contributed by atoms with van der Waals surface area (Å²) in [4.78, 5) is 39.6. The van der Waals surface area contributed by atoms with E-state index in [0.717, 1.165) is 6.33 Å². The second kappa shape index (κ2) is 9.22. The van der Waals surface area contributed by atoms with Crippen LogP contribution in [0, 0.1) is 17.1 Å². The number of phosphoric acid groups is 3. The van der Waals surface area contributed by atoms with E-state index in [1.807, 2.05) is 0 Å². The highest BCUT2D eigenvalue weighted by atomic mass is 31.3. The minimum Gasteiger partial charge on any atom is -0.387 e. The summed E-state index contributed by atoms with van der Waals surface area (Å²) in [6.07, 6.45) is -6.10. The Bertz CT molecular complexity index is 1380. The Morgan fingerprint density at radius 3 is 2.39 bits per heavy atom. The van der Waals surface area contributed by atoms with E-state index < -0.39 is 69.8 Å². The van der Waals surface area contributed by atoms with E-state index >= 15 is 0 Å². The summed E-state index contributed by atoms with van der Waals surface area (Å²) in [7, 11) is -6.57. The molecule has 1 aliphatic heterocycles. The minimum absolute atomic E-state index is 0.383. The molecule has 1 fully saturated rings. The van der Waals surface area contributed by atoms with Gasteiger partial charge in [-0.05, 0) is 0 Å². The number of anilines is 1. The van der Waals surface area contributed by atoms with Crippen LogP contribution in [0.1, 0.15) is 5.69 Å². The highest BCUT2D eigenvalue weighted by Gasteiger charge is 2.62. The van der Waals surface area contributed by atoms with Crippen LogP contribution in [-0.2, 0) is 37.2 Å². The fourth-order valence-corrected chi connectivity index (χ4v) is 6.44. The SMILES string of the molecule is [B]C([B])(OP(=O)(O)OP(=O)(O)OP(=O)(O)O)C1O[C@@](C#N)(c2cc(F)c3c(N)ncnn23)[C@H](O)[C@@H]1O. The van der Waals surface area contributed by atoms with Gasteiger partial charge in [-0.2, -0.15) is 19.0 Å². The fraction of sp³-hybridized carbons (Fsp3) is 0.417. The number of nitrogen functional groups attached to an aromatic ring is 1. The van der Waals surface area contributed by atoms with Crippen molar-refractivity contribution >= 4 is 50.5 Å². The highest BCUT2D eigenvalue weighted by molar-refractivity contribution is 7.66. The van der Waals surface area contributed by atoms with Gasteiger partial charge in [0.05, 0.1) is 5.69 Å². The van der Waals surface area contributed by atoms with E-state index in [2.05, 4.69) is 23.2 Å². The quantitative estimate of drug-likeness (QED) is 0.129. The summed E-state index contributed by atoms with van der Waals surface area (Å²) < 4.78 is 66.2. The van der Waals surface area contributed by atoms with Gasteiger partial charge in [-0.3, -0.25) is 4.52 Å². The van der Waals surface area contributed by atoms with Gasteiger partial charge in [0.2, 0.25) is 5.60 Å². The van der Waals surface area contributed by atoms with E-state index in [1.165, 1.54) is 6.07 Å². The lowest BCUT2D eigenvalue weighted by atomic mass is 9.61. The second-order valence-corrected chi connectivity index (χ2v) is 11.5. The van der Waals surface area contributed by atoms with Crippen LogP contribution < -0.4 is 5.73 Å².